The summed E-state index contributed by atoms with van der Waals surface area (Å²) in [5.41, 5.74) is 0.365. The standard InChI is InChI=1S/C9H15ClN2O3S/c1-6(10)4-5-11-16(13,14)9-7(2)12-15-8(9)3/h6,11H,4-5H2,1-3H3. The van der Waals surface area contributed by atoms with E-state index in [1.165, 1.54) is 0 Å². The van der Waals surface area contributed by atoms with Crippen molar-refractivity contribution in [3.63, 3.8) is 0 Å². The fourth-order valence-corrected chi connectivity index (χ4v) is 2.80. The normalized spacial score (nSPS) is 14.0. The molecule has 0 amide bonds. The third-order valence-corrected chi connectivity index (χ3v) is 3.99. The molecule has 1 heterocycles. The summed E-state index contributed by atoms with van der Waals surface area (Å²) in [6, 6.07) is 0. The lowest BCUT2D eigenvalue weighted by Gasteiger charge is -2.06. The minimum atomic E-state index is -3.54. The Morgan fingerprint density at radius 3 is 2.56 bits per heavy atom. The molecule has 0 saturated carbocycles. The van der Waals surface area contributed by atoms with E-state index in [0.717, 1.165) is 0 Å². The highest BCUT2D eigenvalue weighted by Gasteiger charge is 2.23. The van der Waals surface area contributed by atoms with E-state index >= 15 is 0 Å². The van der Waals surface area contributed by atoms with Gasteiger partial charge < -0.3 is 4.52 Å². The fraction of sp³-hybridized carbons (Fsp3) is 0.667. The van der Waals surface area contributed by atoms with Crippen LogP contribution in [0.25, 0.3) is 0 Å². The summed E-state index contributed by atoms with van der Waals surface area (Å²) in [4.78, 5) is 0.120. The number of hydrogen-bond donors (Lipinski definition) is 1. The average molecular weight is 267 g/mol. The van der Waals surface area contributed by atoms with Gasteiger partial charge in [0.1, 0.15) is 10.6 Å². The molecule has 0 fully saturated rings. The Bertz CT molecular complexity index is 434. The number of aryl methyl sites for hydroxylation is 2. The van der Waals surface area contributed by atoms with Gasteiger partial charge in [-0.05, 0) is 27.2 Å². The Hall–Kier alpha value is -0.590. The number of aromatic nitrogens is 1. The highest BCUT2D eigenvalue weighted by atomic mass is 35.5. The minimum absolute atomic E-state index is 0.0626. The Labute approximate surface area is 100 Å². The number of hydrogen-bond acceptors (Lipinski definition) is 4. The molecule has 5 nitrogen and oxygen atoms in total. The summed E-state index contributed by atoms with van der Waals surface area (Å²) in [6.07, 6.45) is 0.574. The highest BCUT2D eigenvalue weighted by Crippen LogP contribution is 2.18. The van der Waals surface area contributed by atoms with Crippen LogP contribution in [-0.2, 0) is 10.0 Å². The van der Waals surface area contributed by atoms with E-state index in [-0.39, 0.29) is 10.3 Å². The van der Waals surface area contributed by atoms with Crippen molar-refractivity contribution in [2.24, 2.45) is 0 Å². The lowest BCUT2D eigenvalue weighted by Crippen LogP contribution is -2.26. The van der Waals surface area contributed by atoms with Crippen molar-refractivity contribution >= 4 is 21.6 Å². The predicted octanol–water partition coefficient (Wildman–Crippen LogP) is 1.59. The summed E-state index contributed by atoms with van der Waals surface area (Å²) in [7, 11) is -3.54. The first-order chi connectivity index (χ1) is 7.34. The lowest BCUT2D eigenvalue weighted by atomic mass is 10.3. The van der Waals surface area contributed by atoms with Crippen LogP contribution in [0.4, 0.5) is 0 Å². The van der Waals surface area contributed by atoms with Crippen LogP contribution in [-0.4, -0.2) is 25.5 Å². The molecule has 92 valence electrons. The topological polar surface area (TPSA) is 72.2 Å². The molecule has 1 unspecified atom stereocenters. The molecule has 1 rings (SSSR count). The van der Waals surface area contributed by atoms with E-state index in [1.807, 2.05) is 6.92 Å². The second-order valence-corrected chi connectivity index (χ2v) is 6.07. The van der Waals surface area contributed by atoms with E-state index in [1.54, 1.807) is 13.8 Å². The molecular weight excluding hydrogens is 252 g/mol. The molecule has 7 heteroatoms. The number of sulfonamides is 1. The maximum absolute atomic E-state index is 11.9. The highest BCUT2D eigenvalue weighted by molar-refractivity contribution is 7.89. The van der Waals surface area contributed by atoms with Gasteiger partial charge in [0.15, 0.2) is 5.76 Å². The molecule has 1 aromatic heterocycles. The second-order valence-electron chi connectivity index (χ2n) is 3.62. The zero-order valence-corrected chi connectivity index (χ0v) is 11.0. The van der Waals surface area contributed by atoms with Crippen LogP contribution >= 0.6 is 11.6 Å². The van der Waals surface area contributed by atoms with E-state index in [9.17, 15) is 8.42 Å². The number of halogens is 1. The van der Waals surface area contributed by atoms with Crippen LogP contribution in [0.15, 0.2) is 9.42 Å². The summed E-state index contributed by atoms with van der Waals surface area (Å²) >= 11 is 5.73. The van der Waals surface area contributed by atoms with E-state index in [2.05, 4.69) is 9.88 Å². The largest absolute Gasteiger partial charge is 0.360 e. The summed E-state index contributed by atoms with van der Waals surface area (Å²) < 4.78 is 31.0. The molecule has 0 radical (unpaired) electrons. The second kappa shape index (κ2) is 5.16. The number of nitrogens with zero attached hydrogens (tertiary/aromatic N) is 1. The van der Waals surface area contributed by atoms with Gasteiger partial charge in [-0.15, -0.1) is 11.6 Å². The molecule has 0 aliphatic heterocycles. The van der Waals surface area contributed by atoms with Crippen molar-refractivity contribution < 1.29 is 12.9 Å². The molecule has 0 bridgehead atoms. The third-order valence-electron chi connectivity index (χ3n) is 2.07. The Kier molecular flexibility index (Phi) is 4.35. The van der Waals surface area contributed by atoms with Gasteiger partial charge in [-0.3, -0.25) is 0 Å². The first-order valence-corrected chi connectivity index (χ1v) is 6.83. The van der Waals surface area contributed by atoms with Gasteiger partial charge >= 0.3 is 0 Å². The van der Waals surface area contributed by atoms with Crippen LogP contribution < -0.4 is 4.72 Å². The van der Waals surface area contributed by atoms with Crippen molar-refractivity contribution in [1.82, 2.24) is 9.88 Å². The maximum atomic E-state index is 11.9. The smallest absolute Gasteiger partial charge is 0.245 e. The molecule has 0 aliphatic rings. The van der Waals surface area contributed by atoms with Gasteiger partial charge in [0.05, 0.1) is 0 Å². The molecule has 16 heavy (non-hydrogen) atoms. The van der Waals surface area contributed by atoms with Gasteiger partial charge in [-0.2, -0.15) is 0 Å². The molecule has 0 aromatic carbocycles. The quantitative estimate of drug-likeness (QED) is 0.822. The number of alkyl halides is 1. The first kappa shape index (κ1) is 13.5. The van der Waals surface area contributed by atoms with Crippen LogP contribution in [0.1, 0.15) is 24.8 Å². The predicted molar refractivity (Wildman–Crippen MR) is 61.1 cm³/mol. The number of rotatable bonds is 5. The Morgan fingerprint density at radius 2 is 2.12 bits per heavy atom. The van der Waals surface area contributed by atoms with Crippen molar-refractivity contribution in [3.8, 4) is 0 Å². The average Bonchev–Trinajstić information content (AvgIpc) is 2.45. The van der Waals surface area contributed by atoms with Gasteiger partial charge in [0, 0.05) is 11.9 Å². The van der Waals surface area contributed by atoms with E-state index in [4.69, 9.17) is 16.1 Å². The zero-order valence-electron chi connectivity index (χ0n) is 9.45. The van der Waals surface area contributed by atoms with Crippen molar-refractivity contribution in [2.45, 2.75) is 37.5 Å². The van der Waals surface area contributed by atoms with E-state index in [0.29, 0.717) is 24.4 Å². The summed E-state index contributed by atoms with van der Waals surface area (Å²) in [5.74, 6) is 0.295. The molecule has 0 saturated heterocycles. The fourth-order valence-electron chi connectivity index (χ4n) is 1.32. The number of nitrogens with one attached hydrogen (secondary N) is 1. The molecule has 0 aliphatic carbocycles. The van der Waals surface area contributed by atoms with Crippen LogP contribution in [0.3, 0.4) is 0 Å². The Balaban J connectivity index is 2.79. The molecule has 1 aromatic rings. The van der Waals surface area contributed by atoms with Crippen LogP contribution in [0, 0.1) is 13.8 Å². The van der Waals surface area contributed by atoms with Crippen LogP contribution in [0.2, 0.25) is 0 Å². The lowest BCUT2D eigenvalue weighted by molar-refractivity contribution is 0.390. The molecule has 1 atom stereocenters. The molecule has 0 spiro atoms. The van der Waals surface area contributed by atoms with Crippen molar-refractivity contribution in [2.75, 3.05) is 6.54 Å². The monoisotopic (exact) mass is 266 g/mol. The van der Waals surface area contributed by atoms with Crippen LogP contribution in [0.5, 0.6) is 0 Å². The zero-order chi connectivity index (χ0) is 12.3. The SMILES string of the molecule is Cc1noc(C)c1S(=O)(=O)NCCC(C)Cl. The molecular formula is C9H15ClN2O3S. The minimum Gasteiger partial charge on any atom is -0.360 e. The van der Waals surface area contributed by atoms with E-state index < -0.39 is 10.0 Å². The van der Waals surface area contributed by atoms with Gasteiger partial charge in [0.25, 0.3) is 0 Å². The van der Waals surface area contributed by atoms with Gasteiger partial charge in [-0.25, -0.2) is 13.1 Å². The van der Waals surface area contributed by atoms with Gasteiger partial charge in [0.2, 0.25) is 10.0 Å². The van der Waals surface area contributed by atoms with Crippen molar-refractivity contribution in [1.29, 1.82) is 0 Å². The van der Waals surface area contributed by atoms with Gasteiger partial charge in [-0.1, -0.05) is 5.16 Å². The summed E-state index contributed by atoms with van der Waals surface area (Å²) in [5, 5.41) is 3.54. The Morgan fingerprint density at radius 1 is 1.50 bits per heavy atom. The maximum Gasteiger partial charge on any atom is 0.245 e. The third kappa shape index (κ3) is 3.20. The van der Waals surface area contributed by atoms with Crippen molar-refractivity contribution in [3.05, 3.63) is 11.5 Å². The summed E-state index contributed by atoms with van der Waals surface area (Å²) in [6.45, 7) is 5.27. The first-order valence-electron chi connectivity index (χ1n) is 4.91. The molecule has 1 N–H and O–H groups in total.